The second-order valence-corrected chi connectivity index (χ2v) is 8.01. The Hall–Kier alpha value is -2.64. The van der Waals surface area contributed by atoms with E-state index in [1.807, 2.05) is 13.8 Å². The van der Waals surface area contributed by atoms with Crippen LogP contribution >= 0.6 is 11.3 Å². The van der Waals surface area contributed by atoms with E-state index in [1.54, 1.807) is 44.3 Å². The van der Waals surface area contributed by atoms with Crippen LogP contribution in [-0.2, 0) is 12.1 Å². The van der Waals surface area contributed by atoms with Gasteiger partial charge in [-0.3, -0.25) is 0 Å². The minimum atomic E-state index is -1.88. The van der Waals surface area contributed by atoms with Gasteiger partial charge in [0.05, 0.1) is 24.9 Å². The van der Waals surface area contributed by atoms with Crippen LogP contribution in [0.3, 0.4) is 0 Å². The summed E-state index contributed by atoms with van der Waals surface area (Å²) in [5.74, 6) is 0.360. The van der Waals surface area contributed by atoms with Gasteiger partial charge in [-0.15, -0.1) is 21.5 Å². The van der Waals surface area contributed by atoms with Crippen LogP contribution in [0.25, 0.3) is 20.3 Å². The van der Waals surface area contributed by atoms with Gasteiger partial charge in [-0.25, -0.2) is 0 Å². The second-order valence-electron chi connectivity index (χ2n) is 7.01. The monoisotopic (exact) mass is 381 g/mol. The summed E-state index contributed by atoms with van der Waals surface area (Å²) in [5, 5.41) is 31.5. The first kappa shape index (κ1) is 15.4. The van der Waals surface area contributed by atoms with Gasteiger partial charge in [0, 0.05) is 17.3 Å². The number of thiophene rings is 1. The van der Waals surface area contributed by atoms with E-state index in [4.69, 9.17) is 2.74 Å². The molecule has 0 unspecified atom stereocenters. The maximum Gasteiger partial charge on any atom is 0.167 e. The molecule has 0 aliphatic rings. The van der Waals surface area contributed by atoms with Crippen LogP contribution in [-0.4, -0.2) is 25.5 Å². The normalized spacial score (nSPS) is 13.7. The number of nitrogens with zero attached hydrogens (tertiary/aromatic N) is 4. The quantitative estimate of drug-likeness (QED) is 0.554. The number of aliphatic hydroxyl groups is 1. The van der Waals surface area contributed by atoms with Crippen LogP contribution in [0.4, 0.5) is 5.82 Å². The van der Waals surface area contributed by atoms with Crippen molar-refractivity contribution < 1.29 is 7.85 Å². The molecule has 3 heterocycles. The summed E-state index contributed by atoms with van der Waals surface area (Å²) >= 11 is 1.41. The highest BCUT2D eigenvalue weighted by Crippen LogP contribution is 2.37. The van der Waals surface area contributed by atoms with Crippen molar-refractivity contribution in [1.82, 2.24) is 20.4 Å². The van der Waals surface area contributed by atoms with E-state index < -0.39 is 12.1 Å². The number of aromatic nitrogens is 4. The SMILES string of the molecule is [2H]C([2H])(Nc1nncc2c1sc1nnc(C)c(C)c12)c1ccc(C(C)(C)O)cc1. The zero-order valence-corrected chi connectivity index (χ0v) is 16.3. The Kier molecular flexibility index (Phi) is 3.72. The summed E-state index contributed by atoms with van der Waals surface area (Å²) in [6.07, 6.45) is 1.68. The van der Waals surface area contributed by atoms with Crippen molar-refractivity contribution in [2.45, 2.75) is 39.8 Å². The molecule has 0 spiro atoms. The second kappa shape index (κ2) is 6.51. The van der Waals surface area contributed by atoms with Crippen LogP contribution in [0, 0.1) is 13.8 Å². The van der Waals surface area contributed by atoms with Crippen molar-refractivity contribution in [2.24, 2.45) is 0 Å². The molecule has 7 heteroatoms. The van der Waals surface area contributed by atoms with E-state index in [2.05, 4.69) is 25.7 Å². The summed E-state index contributed by atoms with van der Waals surface area (Å²) in [7, 11) is 0. The van der Waals surface area contributed by atoms with E-state index in [0.717, 1.165) is 31.6 Å². The Labute approximate surface area is 164 Å². The fourth-order valence-corrected chi connectivity index (χ4v) is 4.00. The number of benzene rings is 1. The van der Waals surface area contributed by atoms with E-state index in [0.29, 0.717) is 16.9 Å². The van der Waals surface area contributed by atoms with Crippen molar-refractivity contribution >= 4 is 37.5 Å². The van der Waals surface area contributed by atoms with Gasteiger partial charge in [-0.05, 0) is 44.4 Å². The Bertz CT molecular complexity index is 1220. The molecule has 0 radical (unpaired) electrons. The molecule has 0 atom stereocenters. The van der Waals surface area contributed by atoms with Crippen LogP contribution in [0.2, 0.25) is 0 Å². The lowest BCUT2D eigenvalue weighted by Gasteiger charge is -2.18. The van der Waals surface area contributed by atoms with Crippen molar-refractivity contribution in [3.63, 3.8) is 0 Å². The lowest BCUT2D eigenvalue weighted by molar-refractivity contribution is 0.0786. The minimum absolute atomic E-state index is 0.360. The Morgan fingerprint density at radius 2 is 1.89 bits per heavy atom. The molecular weight excluding hydrogens is 358 g/mol. The highest BCUT2D eigenvalue weighted by Gasteiger charge is 2.16. The molecular formula is C20H21N5OS. The van der Waals surface area contributed by atoms with Gasteiger partial charge in [-0.1, -0.05) is 24.3 Å². The number of fused-ring (bicyclic) bond motifs is 3. The molecule has 0 saturated carbocycles. The molecule has 138 valence electrons. The molecule has 2 N–H and O–H groups in total. The molecule has 6 nitrogen and oxygen atoms in total. The van der Waals surface area contributed by atoms with E-state index >= 15 is 0 Å². The Morgan fingerprint density at radius 1 is 1.15 bits per heavy atom. The largest absolute Gasteiger partial charge is 0.386 e. The standard InChI is InChI=1S/C20H21N5OS/c1-11-12(2)23-25-19-16(11)15-10-22-24-18(17(15)27-19)21-9-13-5-7-14(8-6-13)20(3,4)26/h5-8,10,26H,9H2,1-4H3,(H,21,24)/i9D2. The molecule has 4 rings (SSSR count). The first-order valence-electron chi connectivity index (χ1n) is 9.57. The minimum Gasteiger partial charge on any atom is -0.386 e. The lowest BCUT2D eigenvalue weighted by Crippen LogP contribution is -2.15. The number of nitrogens with one attached hydrogen (secondary N) is 1. The molecule has 0 amide bonds. The number of aryl methyl sites for hydroxylation is 2. The van der Waals surface area contributed by atoms with Crippen molar-refractivity contribution in [3.8, 4) is 0 Å². The van der Waals surface area contributed by atoms with Gasteiger partial charge in [-0.2, -0.15) is 10.2 Å². The molecule has 3 aromatic heterocycles. The third kappa shape index (κ3) is 3.24. The van der Waals surface area contributed by atoms with Crippen LogP contribution in [0.15, 0.2) is 30.5 Å². The highest BCUT2D eigenvalue weighted by molar-refractivity contribution is 7.26. The topological polar surface area (TPSA) is 83.8 Å². The van der Waals surface area contributed by atoms with E-state index in [9.17, 15) is 5.11 Å². The Morgan fingerprint density at radius 3 is 2.59 bits per heavy atom. The molecule has 0 bridgehead atoms. The summed E-state index contributed by atoms with van der Waals surface area (Å²) in [6, 6.07) is 6.78. The van der Waals surface area contributed by atoms with Gasteiger partial charge in [0.15, 0.2) is 5.82 Å². The van der Waals surface area contributed by atoms with Crippen molar-refractivity contribution in [1.29, 1.82) is 0 Å². The molecule has 27 heavy (non-hydrogen) atoms. The predicted octanol–water partition coefficient (Wildman–Crippen LogP) is 4.09. The summed E-state index contributed by atoms with van der Waals surface area (Å²) in [4.78, 5) is 0.774. The lowest BCUT2D eigenvalue weighted by atomic mass is 9.97. The van der Waals surface area contributed by atoms with Gasteiger partial charge in [0.1, 0.15) is 4.83 Å². The van der Waals surface area contributed by atoms with Gasteiger partial charge in [0.25, 0.3) is 0 Å². The van der Waals surface area contributed by atoms with E-state index in [1.165, 1.54) is 11.3 Å². The third-order valence-corrected chi connectivity index (χ3v) is 5.71. The molecule has 1 aromatic carbocycles. The van der Waals surface area contributed by atoms with Crippen LogP contribution in [0.1, 0.15) is 39.0 Å². The molecule has 0 fully saturated rings. The summed E-state index contributed by atoms with van der Waals surface area (Å²) in [6.45, 7) is 5.41. The maximum absolute atomic E-state index is 10.1. The molecule has 0 saturated heterocycles. The first-order chi connectivity index (χ1) is 13.6. The first-order valence-corrected chi connectivity index (χ1v) is 9.39. The zero-order valence-electron chi connectivity index (χ0n) is 17.5. The third-order valence-electron chi connectivity index (χ3n) is 4.61. The average molecular weight is 382 g/mol. The fraction of sp³-hybridized carbons (Fsp3) is 0.300. The van der Waals surface area contributed by atoms with E-state index in [-0.39, 0.29) is 0 Å². The van der Waals surface area contributed by atoms with Gasteiger partial charge >= 0.3 is 0 Å². The molecule has 0 aliphatic carbocycles. The molecule has 4 aromatic rings. The van der Waals surface area contributed by atoms with Crippen molar-refractivity contribution in [3.05, 3.63) is 52.8 Å². The number of hydrogen-bond acceptors (Lipinski definition) is 7. The van der Waals surface area contributed by atoms with Crippen molar-refractivity contribution in [2.75, 3.05) is 5.32 Å². The number of rotatable bonds is 4. The number of anilines is 1. The van der Waals surface area contributed by atoms with Crippen LogP contribution < -0.4 is 5.32 Å². The van der Waals surface area contributed by atoms with Gasteiger partial charge < -0.3 is 10.4 Å². The maximum atomic E-state index is 10.1. The smallest absolute Gasteiger partial charge is 0.167 e. The highest BCUT2D eigenvalue weighted by atomic mass is 32.1. The zero-order chi connectivity index (χ0) is 21.0. The van der Waals surface area contributed by atoms with Crippen LogP contribution in [0.5, 0.6) is 0 Å². The summed E-state index contributed by atoms with van der Waals surface area (Å²) in [5.41, 5.74) is 2.05. The van der Waals surface area contributed by atoms with Gasteiger partial charge in [0.2, 0.25) is 0 Å². The number of hydrogen-bond donors (Lipinski definition) is 2. The predicted molar refractivity (Wildman–Crippen MR) is 109 cm³/mol. The average Bonchev–Trinajstić information content (AvgIpc) is 3.04. The fourth-order valence-electron chi connectivity index (χ4n) is 2.90. The Balaban J connectivity index is 1.76. The summed E-state index contributed by atoms with van der Waals surface area (Å²) < 4.78 is 17.8. The molecule has 0 aliphatic heterocycles.